The third-order valence-corrected chi connectivity index (χ3v) is 3.55. The summed E-state index contributed by atoms with van der Waals surface area (Å²) in [5.74, 6) is -1.46. The fourth-order valence-corrected chi connectivity index (χ4v) is 2.25. The maximum absolute atomic E-state index is 11.8. The van der Waals surface area contributed by atoms with Gasteiger partial charge in [0.25, 0.3) is 0 Å². The molecule has 1 aromatic rings. The molecule has 0 aromatic carbocycles. The van der Waals surface area contributed by atoms with Crippen LogP contribution >= 0.6 is 11.3 Å². The van der Waals surface area contributed by atoms with Crippen LogP contribution in [-0.2, 0) is 9.59 Å². The van der Waals surface area contributed by atoms with Gasteiger partial charge in [0.15, 0.2) is 0 Å². The van der Waals surface area contributed by atoms with Gasteiger partial charge in [-0.15, -0.1) is 11.3 Å². The first kappa shape index (κ1) is 14.7. The van der Waals surface area contributed by atoms with Crippen molar-refractivity contribution in [3.63, 3.8) is 0 Å². The quantitative estimate of drug-likeness (QED) is 0.700. The maximum atomic E-state index is 11.8. The number of hydrogen-bond acceptors (Lipinski definition) is 4. The van der Waals surface area contributed by atoms with Gasteiger partial charge in [0.05, 0.1) is 0 Å². The number of hydrogen-bond donors (Lipinski definition) is 3. The van der Waals surface area contributed by atoms with E-state index in [0.29, 0.717) is 6.42 Å². The van der Waals surface area contributed by atoms with Gasteiger partial charge in [-0.1, -0.05) is 25.8 Å². The van der Waals surface area contributed by atoms with Gasteiger partial charge in [0.1, 0.15) is 12.1 Å². The van der Waals surface area contributed by atoms with Gasteiger partial charge in [-0.25, -0.2) is 4.79 Å². The summed E-state index contributed by atoms with van der Waals surface area (Å²) in [5, 5.41) is 13.3. The Balaban J connectivity index is 2.58. The number of carboxylic acids is 1. The fourth-order valence-electron chi connectivity index (χ4n) is 1.52. The Labute approximate surface area is 110 Å². The molecule has 0 aliphatic rings. The first-order valence-electron chi connectivity index (χ1n) is 5.88. The average molecular weight is 270 g/mol. The molecule has 2 unspecified atom stereocenters. The molecule has 4 N–H and O–H groups in total. The first-order valence-corrected chi connectivity index (χ1v) is 6.76. The van der Waals surface area contributed by atoms with E-state index in [4.69, 9.17) is 10.8 Å². The second kappa shape index (κ2) is 7.13. The normalized spacial score (nSPS) is 13.9. The van der Waals surface area contributed by atoms with Crippen LogP contribution in [0.4, 0.5) is 0 Å². The molecule has 0 saturated heterocycles. The second-order valence-corrected chi connectivity index (χ2v) is 5.01. The summed E-state index contributed by atoms with van der Waals surface area (Å²) in [7, 11) is 0. The molecular weight excluding hydrogens is 252 g/mol. The Morgan fingerprint density at radius 2 is 2.28 bits per heavy atom. The number of thiophene rings is 1. The minimum absolute atomic E-state index is 0.425. The van der Waals surface area contributed by atoms with E-state index in [1.807, 2.05) is 12.3 Å². The minimum atomic E-state index is -1.02. The molecule has 0 spiro atoms. The molecule has 2 atom stereocenters. The summed E-state index contributed by atoms with van der Waals surface area (Å²) in [6.45, 7) is 1.97. The summed E-state index contributed by atoms with van der Waals surface area (Å²) in [4.78, 5) is 23.6. The summed E-state index contributed by atoms with van der Waals surface area (Å²) < 4.78 is 0. The van der Waals surface area contributed by atoms with E-state index < -0.39 is 24.0 Å². The molecule has 0 aliphatic carbocycles. The van der Waals surface area contributed by atoms with Crippen LogP contribution in [0.2, 0.25) is 0 Å². The molecule has 6 heteroatoms. The predicted octanol–water partition coefficient (Wildman–Crippen LogP) is 1.51. The molecule has 100 valence electrons. The highest BCUT2D eigenvalue weighted by Crippen LogP contribution is 2.17. The monoisotopic (exact) mass is 270 g/mol. The third kappa shape index (κ3) is 4.12. The molecule has 0 radical (unpaired) electrons. The highest BCUT2D eigenvalue weighted by molar-refractivity contribution is 7.10. The summed E-state index contributed by atoms with van der Waals surface area (Å²) in [5.41, 5.74) is 5.77. The van der Waals surface area contributed by atoms with Crippen LogP contribution in [0.1, 0.15) is 37.1 Å². The number of carboxylic acid groups (broad SMARTS) is 1. The predicted molar refractivity (Wildman–Crippen MR) is 70.3 cm³/mol. The number of unbranched alkanes of at least 4 members (excludes halogenated alkanes) is 1. The Morgan fingerprint density at radius 1 is 1.56 bits per heavy atom. The molecule has 18 heavy (non-hydrogen) atoms. The Morgan fingerprint density at radius 3 is 2.78 bits per heavy atom. The highest BCUT2D eigenvalue weighted by atomic mass is 32.1. The number of nitrogens with two attached hydrogens (primary N) is 1. The smallest absolute Gasteiger partial charge is 0.326 e. The Hall–Kier alpha value is -1.40. The van der Waals surface area contributed by atoms with Crippen molar-refractivity contribution in [2.75, 3.05) is 0 Å². The molecule has 0 saturated carbocycles. The number of nitrogens with one attached hydrogen (secondary N) is 1. The molecule has 5 nitrogen and oxygen atoms in total. The zero-order valence-corrected chi connectivity index (χ0v) is 11.1. The van der Waals surface area contributed by atoms with Crippen LogP contribution in [0.25, 0.3) is 0 Å². The van der Waals surface area contributed by atoms with Gasteiger partial charge in [-0.2, -0.15) is 0 Å². The highest BCUT2D eigenvalue weighted by Gasteiger charge is 2.23. The van der Waals surface area contributed by atoms with Gasteiger partial charge in [0, 0.05) is 4.88 Å². The van der Waals surface area contributed by atoms with Gasteiger partial charge >= 0.3 is 5.97 Å². The van der Waals surface area contributed by atoms with Crippen molar-refractivity contribution in [1.82, 2.24) is 5.32 Å². The molecule has 0 bridgehead atoms. The molecule has 1 aromatic heterocycles. The largest absolute Gasteiger partial charge is 0.480 e. The lowest BCUT2D eigenvalue weighted by atomic mass is 10.1. The standard InChI is InChI=1S/C12H18N2O3S/c1-2-3-5-8(12(16)17)14-11(15)10(13)9-6-4-7-18-9/h4,6-8,10H,2-3,5,13H2,1H3,(H,14,15)(H,16,17). The summed E-state index contributed by atoms with van der Waals surface area (Å²) in [6, 6.07) is 1.91. The molecule has 0 aliphatic heterocycles. The van der Waals surface area contributed by atoms with Crippen molar-refractivity contribution >= 4 is 23.2 Å². The minimum Gasteiger partial charge on any atom is -0.480 e. The molecule has 1 amide bonds. The van der Waals surface area contributed by atoms with Gasteiger partial charge in [-0.05, 0) is 17.9 Å². The van der Waals surface area contributed by atoms with Crippen LogP contribution < -0.4 is 11.1 Å². The van der Waals surface area contributed by atoms with E-state index in [1.165, 1.54) is 11.3 Å². The molecule has 1 rings (SSSR count). The Kier molecular flexibility index (Phi) is 5.80. The van der Waals surface area contributed by atoms with Gasteiger partial charge < -0.3 is 16.2 Å². The van der Waals surface area contributed by atoms with Crippen molar-refractivity contribution in [3.8, 4) is 0 Å². The molecular formula is C12H18N2O3S. The second-order valence-electron chi connectivity index (χ2n) is 4.03. The number of aliphatic carboxylic acids is 1. The van der Waals surface area contributed by atoms with E-state index in [0.717, 1.165) is 17.7 Å². The lowest BCUT2D eigenvalue weighted by molar-refractivity contribution is -0.142. The van der Waals surface area contributed by atoms with E-state index in [2.05, 4.69) is 5.32 Å². The van der Waals surface area contributed by atoms with E-state index in [1.54, 1.807) is 12.1 Å². The average Bonchev–Trinajstić information content (AvgIpc) is 2.86. The van der Waals surface area contributed by atoms with Crippen LogP contribution in [0.3, 0.4) is 0 Å². The SMILES string of the molecule is CCCCC(NC(=O)C(N)c1cccs1)C(=O)O. The zero-order chi connectivity index (χ0) is 13.5. The van der Waals surface area contributed by atoms with Crippen molar-refractivity contribution < 1.29 is 14.7 Å². The zero-order valence-electron chi connectivity index (χ0n) is 10.3. The lowest BCUT2D eigenvalue weighted by Gasteiger charge is -2.16. The van der Waals surface area contributed by atoms with Crippen molar-refractivity contribution in [2.24, 2.45) is 5.73 Å². The van der Waals surface area contributed by atoms with Crippen molar-refractivity contribution in [1.29, 1.82) is 0 Å². The van der Waals surface area contributed by atoms with Gasteiger partial charge in [0.2, 0.25) is 5.91 Å². The number of amides is 1. The van der Waals surface area contributed by atoms with Crippen molar-refractivity contribution in [2.45, 2.75) is 38.3 Å². The van der Waals surface area contributed by atoms with Gasteiger partial charge in [-0.3, -0.25) is 4.79 Å². The first-order chi connectivity index (χ1) is 8.56. The molecule has 1 heterocycles. The van der Waals surface area contributed by atoms with E-state index >= 15 is 0 Å². The maximum Gasteiger partial charge on any atom is 0.326 e. The fraction of sp³-hybridized carbons (Fsp3) is 0.500. The molecule has 0 fully saturated rings. The van der Waals surface area contributed by atoms with E-state index in [9.17, 15) is 9.59 Å². The van der Waals surface area contributed by atoms with Crippen LogP contribution in [0, 0.1) is 0 Å². The number of carbonyl (C=O) groups excluding carboxylic acids is 1. The lowest BCUT2D eigenvalue weighted by Crippen LogP contribution is -2.44. The number of carbonyl (C=O) groups is 2. The summed E-state index contributed by atoms with van der Waals surface area (Å²) in [6.07, 6.45) is 2.07. The number of rotatable bonds is 7. The Bertz CT molecular complexity index is 392. The van der Waals surface area contributed by atoms with Crippen molar-refractivity contribution in [3.05, 3.63) is 22.4 Å². The third-order valence-electron chi connectivity index (χ3n) is 2.59. The topological polar surface area (TPSA) is 92.4 Å². The van der Waals surface area contributed by atoms with E-state index in [-0.39, 0.29) is 0 Å². The summed E-state index contributed by atoms with van der Waals surface area (Å²) >= 11 is 1.38. The van der Waals surface area contributed by atoms with Crippen LogP contribution in [0.15, 0.2) is 17.5 Å². The van der Waals surface area contributed by atoms with Crippen LogP contribution in [-0.4, -0.2) is 23.0 Å². The van der Waals surface area contributed by atoms with Crippen LogP contribution in [0.5, 0.6) is 0 Å².